The maximum absolute atomic E-state index is 4.75. The Labute approximate surface area is 127 Å². The lowest BCUT2D eigenvalue weighted by Crippen LogP contribution is -2.19. The highest BCUT2D eigenvalue weighted by molar-refractivity contribution is 5.21. The maximum atomic E-state index is 4.75. The van der Waals surface area contributed by atoms with Gasteiger partial charge in [0.1, 0.15) is 0 Å². The fourth-order valence-corrected chi connectivity index (χ4v) is 2.73. The molecule has 0 bridgehead atoms. The highest BCUT2D eigenvalue weighted by Crippen LogP contribution is 2.19. The van der Waals surface area contributed by atoms with Crippen LogP contribution in [0, 0.1) is 6.92 Å². The summed E-state index contributed by atoms with van der Waals surface area (Å²) in [5, 5.41) is 8.13. The number of aromatic nitrogens is 3. The van der Waals surface area contributed by atoms with Crippen molar-refractivity contribution in [1.29, 1.82) is 0 Å². The molecule has 1 unspecified atom stereocenters. The maximum Gasteiger partial charge on any atom is 0.0643 e. The van der Waals surface area contributed by atoms with E-state index in [1.165, 1.54) is 5.56 Å². The fourth-order valence-electron chi connectivity index (χ4n) is 2.73. The standard InChI is InChI=1S/C17H26N4/c1-5-16(6-2)21-10-8-15(20-21)12-17(18-4)14-7-9-19-13(3)11-14/h7-11,16-18H,5-6,12H2,1-4H3. The van der Waals surface area contributed by atoms with Crippen LogP contribution in [0.15, 0.2) is 30.6 Å². The third-order valence-electron chi connectivity index (χ3n) is 4.06. The van der Waals surface area contributed by atoms with Crippen LogP contribution in [-0.4, -0.2) is 21.8 Å². The minimum atomic E-state index is 0.275. The van der Waals surface area contributed by atoms with Crippen LogP contribution in [-0.2, 0) is 6.42 Å². The van der Waals surface area contributed by atoms with E-state index in [9.17, 15) is 0 Å². The van der Waals surface area contributed by atoms with E-state index >= 15 is 0 Å². The second-order valence-corrected chi connectivity index (χ2v) is 5.53. The van der Waals surface area contributed by atoms with Crippen molar-refractivity contribution in [3.63, 3.8) is 0 Å². The lowest BCUT2D eigenvalue weighted by molar-refractivity contribution is 0.423. The van der Waals surface area contributed by atoms with Crippen molar-refractivity contribution >= 4 is 0 Å². The van der Waals surface area contributed by atoms with E-state index in [1.54, 1.807) is 0 Å². The molecule has 0 aliphatic heterocycles. The Kier molecular flexibility index (Phi) is 5.51. The van der Waals surface area contributed by atoms with Gasteiger partial charge < -0.3 is 5.32 Å². The van der Waals surface area contributed by atoms with Gasteiger partial charge in [-0.1, -0.05) is 13.8 Å². The molecule has 0 saturated carbocycles. The minimum absolute atomic E-state index is 0.275. The number of aryl methyl sites for hydroxylation is 1. The fraction of sp³-hybridized carbons (Fsp3) is 0.529. The van der Waals surface area contributed by atoms with E-state index in [0.29, 0.717) is 6.04 Å². The Morgan fingerprint density at radius 3 is 2.62 bits per heavy atom. The molecule has 4 heteroatoms. The molecular weight excluding hydrogens is 260 g/mol. The topological polar surface area (TPSA) is 42.7 Å². The van der Waals surface area contributed by atoms with E-state index in [2.05, 4.69) is 53.2 Å². The summed E-state index contributed by atoms with van der Waals surface area (Å²) in [7, 11) is 2.00. The first-order valence-electron chi connectivity index (χ1n) is 7.81. The van der Waals surface area contributed by atoms with Gasteiger partial charge in [0.25, 0.3) is 0 Å². The van der Waals surface area contributed by atoms with Crippen molar-refractivity contribution in [2.75, 3.05) is 7.05 Å². The zero-order chi connectivity index (χ0) is 15.2. The molecule has 0 spiro atoms. The van der Waals surface area contributed by atoms with Crippen LogP contribution in [0.2, 0.25) is 0 Å². The normalized spacial score (nSPS) is 12.8. The van der Waals surface area contributed by atoms with Gasteiger partial charge in [0.2, 0.25) is 0 Å². The lowest BCUT2D eigenvalue weighted by atomic mass is 10.0. The van der Waals surface area contributed by atoms with Crippen LogP contribution in [0.3, 0.4) is 0 Å². The van der Waals surface area contributed by atoms with Gasteiger partial charge in [-0.05, 0) is 50.6 Å². The smallest absolute Gasteiger partial charge is 0.0643 e. The summed E-state index contributed by atoms with van der Waals surface area (Å²) in [6, 6.07) is 7.13. The van der Waals surface area contributed by atoms with Gasteiger partial charge in [-0.25, -0.2) is 0 Å². The number of rotatable bonds is 7. The quantitative estimate of drug-likeness (QED) is 0.847. The minimum Gasteiger partial charge on any atom is -0.313 e. The number of nitrogens with zero attached hydrogens (tertiary/aromatic N) is 3. The largest absolute Gasteiger partial charge is 0.313 e. The van der Waals surface area contributed by atoms with E-state index in [4.69, 9.17) is 5.10 Å². The van der Waals surface area contributed by atoms with Crippen LogP contribution in [0.5, 0.6) is 0 Å². The summed E-state index contributed by atoms with van der Waals surface area (Å²) >= 11 is 0. The molecule has 1 N–H and O–H groups in total. The zero-order valence-electron chi connectivity index (χ0n) is 13.5. The number of nitrogens with one attached hydrogen (secondary N) is 1. The molecular formula is C17H26N4. The highest BCUT2D eigenvalue weighted by atomic mass is 15.3. The van der Waals surface area contributed by atoms with Crippen LogP contribution in [0.25, 0.3) is 0 Å². The van der Waals surface area contributed by atoms with E-state index in [0.717, 1.165) is 30.7 Å². The molecule has 2 aromatic rings. The van der Waals surface area contributed by atoms with Gasteiger partial charge in [0.15, 0.2) is 0 Å². The van der Waals surface area contributed by atoms with Crippen molar-refractivity contribution in [3.05, 3.63) is 47.5 Å². The van der Waals surface area contributed by atoms with Gasteiger partial charge in [0, 0.05) is 30.6 Å². The first-order valence-corrected chi connectivity index (χ1v) is 7.81. The third-order valence-corrected chi connectivity index (χ3v) is 4.06. The van der Waals surface area contributed by atoms with Crippen molar-refractivity contribution in [2.24, 2.45) is 0 Å². The summed E-state index contributed by atoms with van der Waals surface area (Å²) in [4.78, 5) is 4.27. The second kappa shape index (κ2) is 7.36. The molecule has 4 nitrogen and oxygen atoms in total. The molecule has 0 aliphatic carbocycles. The summed E-state index contributed by atoms with van der Waals surface area (Å²) in [5.41, 5.74) is 3.45. The molecule has 0 radical (unpaired) electrons. The lowest BCUT2D eigenvalue weighted by Gasteiger charge is -2.16. The van der Waals surface area contributed by atoms with E-state index in [-0.39, 0.29) is 6.04 Å². The van der Waals surface area contributed by atoms with Gasteiger partial charge in [-0.15, -0.1) is 0 Å². The molecule has 0 saturated heterocycles. The number of likely N-dealkylation sites (N-methyl/N-ethyl adjacent to an activating group) is 1. The summed E-state index contributed by atoms with van der Waals surface area (Å²) in [6.45, 7) is 6.45. The van der Waals surface area contributed by atoms with Gasteiger partial charge in [-0.2, -0.15) is 5.10 Å². The van der Waals surface area contributed by atoms with Crippen LogP contribution < -0.4 is 5.32 Å². The molecule has 0 aromatic carbocycles. The molecule has 2 heterocycles. The summed E-state index contributed by atoms with van der Waals surface area (Å²) < 4.78 is 2.11. The SMILES string of the molecule is CCC(CC)n1ccc(CC(NC)c2ccnc(C)c2)n1. The molecule has 21 heavy (non-hydrogen) atoms. The van der Waals surface area contributed by atoms with Crippen LogP contribution >= 0.6 is 0 Å². The highest BCUT2D eigenvalue weighted by Gasteiger charge is 2.14. The number of hydrogen-bond donors (Lipinski definition) is 1. The molecule has 0 aliphatic rings. The van der Waals surface area contributed by atoms with Crippen molar-refractivity contribution in [2.45, 2.75) is 52.1 Å². The van der Waals surface area contributed by atoms with Gasteiger partial charge >= 0.3 is 0 Å². The Hall–Kier alpha value is -1.68. The second-order valence-electron chi connectivity index (χ2n) is 5.53. The first-order chi connectivity index (χ1) is 10.2. The summed E-state index contributed by atoms with van der Waals surface area (Å²) in [6.07, 6.45) is 7.12. The molecule has 114 valence electrons. The van der Waals surface area contributed by atoms with Crippen LogP contribution in [0.4, 0.5) is 0 Å². The Morgan fingerprint density at radius 2 is 2.00 bits per heavy atom. The summed E-state index contributed by atoms with van der Waals surface area (Å²) in [5.74, 6) is 0. The predicted octanol–water partition coefficient (Wildman–Crippen LogP) is 3.45. The third kappa shape index (κ3) is 3.91. The van der Waals surface area contributed by atoms with Crippen molar-refractivity contribution < 1.29 is 0 Å². The number of hydrogen-bond acceptors (Lipinski definition) is 3. The average Bonchev–Trinajstić information content (AvgIpc) is 2.94. The van der Waals surface area contributed by atoms with Crippen molar-refractivity contribution in [3.8, 4) is 0 Å². The molecule has 2 rings (SSSR count). The molecule has 1 atom stereocenters. The Bertz CT molecular complexity index is 557. The zero-order valence-corrected chi connectivity index (χ0v) is 13.5. The molecule has 0 fully saturated rings. The van der Waals surface area contributed by atoms with Gasteiger partial charge in [-0.3, -0.25) is 9.67 Å². The molecule has 0 amide bonds. The van der Waals surface area contributed by atoms with E-state index in [1.807, 2.05) is 20.2 Å². The Morgan fingerprint density at radius 1 is 1.24 bits per heavy atom. The average molecular weight is 286 g/mol. The van der Waals surface area contributed by atoms with E-state index < -0.39 is 0 Å². The van der Waals surface area contributed by atoms with Gasteiger partial charge in [0.05, 0.1) is 11.7 Å². The molecule has 2 aromatic heterocycles. The van der Waals surface area contributed by atoms with Crippen LogP contribution in [0.1, 0.15) is 55.7 Å². The monoisotopic (exact) mass is 286 g/mol. The predicted molar refractivity (Wildman–Crippen MR) is 86.3 cm³/mol. The van der Waals surface area contributed by atoms with Crippen molar-refractivity contribution in [1.82, 2.24) is 20.1 Å². The first kappa shape index (κ1) is 15.7. The number of pyridine rings is 1. The Balaban J connectivity index is 2.12.